The minimum atomic E-state index is -0.923. The lowest BCUT2D eigenvalue weighted by molar-refractivity contribution is -0.139. The van der Waals surface area contributed by atoms with E-state index in [1.807, 2.05) is 0 Å². The van der Waals surface area contributed by atoms with Crippen LogP contribution < -0.4 is 5.32 Å². The molecule has 1 amide bonds. The van der Waals surface area contributed by atoms with Gasteiger partial charge in [-0.15, -0.1) is 0 Å². The first kappa shape index (κ1) is 15.5. The van der Waals surface area contributed by atoms with Crippen molar-refractivity contribution < 1.29 is 19.1 Å². The Hall–Kier alpha value is -1.91. The number of amides is 1. The van der Waals surface area contributed by atoms with Crippen molar-refractivity contribution in [1.82, 2.24) is 5.32 Å². The number of halogens is 1. The lowest BCUT2D eigenvalue weighted by Gasteiger charge is -2.37. The highest BCUT2D eigenvalue weighted by atomic mass is 19.1. The molecule has 2 N–H and O–H groups in total. The van der Waals surface area contributed by atoms with Crippen LogP contribution in [0.4, 0.5) is 4.39 Å². The normalized spacial score (nSPS) is 17.2. The van der Waals surface area contributed by atoms with Crippen molar-refractivity contribution in [3.8, 4) is 0 Å². The molecule has 114 valence electrons. The summed E-state index contributed by atoms with van der Waals surface area (Å²) < 4.78 is 13.4. The Kier molecular flexibility index (Phi) is 4.60. The number of benzene rings is 1. The number of carboxylic acids is 1. The Balaban J connectivity index is 2.19. The van der Waals surface area contributed by atoms with E-state index in [4.69, 9.17) is 5.11 Å². The monoisotopic (exact) mass is 293 g/mol. The standard InChI is InChI=1S/C16H20FNO3/c1-11-7-12(9-13(17)8-11)15(21)18-16(10-14(19)20)5-3-2-4-6-16/h7-9H,2-6,10H2,1H3,(H,18,21)(H,19,20). The van der Waals surface area contributed by atoms with E-state index in [1.54, 1.807) is 13.0 Å². The molecule has 2 rings (SSSR count). The predicted molar refractivity (Wildman–Crippen MR) is 76.7 cm³/mol. The van der Waals surface area contributed by atoms with Gasteiger partial charge in [0.15, 0.2) is 0 Å². The molecule has 0 bridgehead atoms. The first-order valence-electron chi connectivity index (χ1n) is 7.22. The van der Waals surface area contributed by atoms with E-state index in [0.29, 0.717) is 18.4 Å². The zero-order chi connectivity index (χ0) is 15.5. The molecule has 5 heteroatoms. The third kappa shape index (κ3) is 4.03. The Labute approximate surface area is 123 Å². The number of carboxylic acid groups (broad SMARTS) is 1. The molecule has 0 spiro atoms. The fourth-order valence-corrected chi connectivity index (χ4v) is 3.04. The van der Waals surface area contributed by atoms with Gasteiger partial charge in [0.25, 0.3) is 5.91 Å². The summed E-state index contributed by atoms with van der Waals surface area (Å²) in [6, 6.07) is 4.14. The lowest BCUT2D eigenvalue weighted by atomic mass is 9.79. The molecule has 0 unspecified atom stereocenters. The van der Waals surface area contributed by atoms with Gasteiger partial charge in [-0.3, -0.25) is 9.59 Å². The van der Waals surface area contributed by atoms with Crippen molar-refractivity contribution in [1.29, 1.82) is 0 Å². The molecule has 1 aromatic carbocycles. The SMILES string of the molecule is Cc1cc(F)cc(C(=O)NC2(CC(=O)O)CCCCC2)c1. The summed E-state index contributed by atoms with van der Waals surface area (Å²) in [4.78, 5) is 23.4. The minimum Gasteiger partial charge on any atom is -0.481 e. The zero-order valence-electron chi connectivity index (χ0n) is 12.1. The number of nitrogens with one attached hydrogen (secondary N) is 1. The van der Waals surface area contributed by atoms with Gasteiger partial charge in [0.1, 0.15) is 5.82 Å². The second-order valence-corrected chi connectivity index (χ2v) is 5.88. The average Bonchev–Trinajstić information content (AvgIpc) is 2.37. The first-order valence-corrected chi connectivity index (χ1v) is 7.22. The van der Waals surface area contributed by atoms with Crippen LogP contribution in [0.25, 0.3) is 0 Å². The number of hydrogen-bond donors (Lipinski definition) is 2. The molecule has 0 atom stereocenters. The van der Waals surface area contributed by atoms with Gasteiger partial charge in [-0.25, -0.2) is 4.39 Å². The highest BCUT2D eigenvalue weighted by Gasteiger charge is 2.36. The zero-order valence-corrected chi connectivity index (χ0v) is 12.1. The largest absolute Gasteiger partial charge is 0.481 e. The second-order valence-electron chi connectivity index (χ2n) is 5.88. The van der Waals surface area contributed by atoms with Crippen molar-refractivity contribution in [2.75, 3.05) is 0 Å². The van der Waals surface area contributed by atoms with Crippen LogP contribution >= 0.6 is 0 Å². The molecule has 1 aliphatic carbocycles. The van der Waals surface area contributed by atoms with Gasteiger partial charge >= 0.3 is 5.97 Å². The van der Waals surface area contributed by atoms with Crippen molar-refractivity contribution >= 4 is 11.9 Å². The van der Waals surface area contributed by atoms with Crippen molar-refractivity contribution in [3.63, 3.8) is 0 Å². The van der Waals surface area contributed by atoms with Gasteiger partial charge in [-0.1, -0.05) is 19.3 Å². The average molecular weight is 293 g/mol. The molecule has 0 radical (unpaired) electrons. The van der Waals surface area contributed by atoms with Gasteiger partial charge in [-0.05, 0) is 43.5 Å². The lowest BCUT2D eigenvalue weighted by Crippen LogP contribution is -2.51. The summed E-state index contributed by atoms with van der Waals surface area (Å²) in [6.07, 6.45) is 4.06. The van der Waals surface area contributed by atoms with Crippen LogP contribution in [0.15, 0.2) is 18.2 Å². The number of aliphatic carboxylic acids is 1. The Morgan fingerprint density at radius 2 is 1.90 bits per heavy atom. The van der Waals surface area contributed by atoms with Crippen LogP contribution in [0.5, 0.6) is 0 Å². The minimum absolute atomic E-state index is 0.0902. The molecule has 0 heterocycles. The van der Waals surface area contributed by atoms with Crippen LogP contribution in [-0.4, -0.2) is 22.5 Å². The van der Waals surface area contributed by atoms with E-state index in [-0.39, 0.29) is 12.0 Å². The van der Waals surface area contributed by atoms with Crippen molar-refractivity contribution in [2.24, 2.45) is 0 Å². The van der Waals surface area contributed by atoms with Crippen LogP contribution in [-0.2, 0) is 4.79 Å². The van der Waals surface area contributed by atoms with E-state index >= 15 is 0 Å². The first-order chi connectivity index (χ1) is 9.90. The highest BCUT2D eigenvalue weighted by molar-refractivity contribution is 5.95. The maximum atomic E-state index is 13.4. The summed E-state index contributed by atoms with van der Waals surface area (Å²) in [5.74, 6) is -1.79. The highest BCUT2D eigenvalue weighted by Crippen LogP contribution is 2.31. The van der Waals surface area contributed by atoms with Crippen LogP contribution in [0, 0.1) is 12.7 Å². The summed E-state index contributed by atoms with van der Waals surface area (Å²) in [7, 11) is 0. The molecular weight excluding hydrogens is 273 g/mol. The number of carbonyl (C=O) groups excluding carboxylic acids is 1. The van der Waals surface area contributed by atoms with Gasteiger partial charge in [0.05, 0.1) is 12.0 Å². The molecule has 4 nitrogen and oxygen atoms in total. The van der Waals surface area contributed by atoms with E-state index in [9.17, 15) is 14.0 Å². The fourth-order valence-electron chi connectivity index (χ4n) is 3.04. The molecule has 1 aromatic rings. The Bertz CT molecular complexity index is 530. The molecule has 0 aliphatic heterocycles. The third-order valence-electron chi connectivity index (χ3n) is 3.98. The predicted octanol–water partition coefficient (Wildman–Crippen LogP) is 3.04. The summed E-state index contributed by atoms with van der Waals surface area (Å²) in [5.41, 5.74) is 0.195. The Morgan fingerprint density at radius 1 is 1.24 bits per heavy atom. The topological polar surface area (TPSA) is 66.4 Å². The molecular formula is C16H20FNO3. The number of carbonyl (C=O) groups is 2. The number of rotatable bonds is 4. The van der Waals surface area contributed by atoms with E-state index in [0.717, 1.165) is 19.3 Å². The fraction of sp³-hybridized carbons (Fsp3) is 0.500. The van der Waals surface area contributed by atoms with E-state index < -0.39 is 23.2 Å². The van der Waals surface area contributed by atoms with Crippen LogP contribution in [0.1, 0.15) is 54.4 Å². The van der Waals surface area contributed by atoms with Gasteiger partial charge in [0, 0.05) is 5.56 Å². The van der Waals surface area contributed by atoms with Gasteiger partial charge in [-0.2, -0.15) is 0 Å². The second kappa shape index (κ2) is 6.24. The maximum Gasteiger partial charge on any atom is 0.305 e. The molecule has 21 heavy (non-hydrogen) atoms. The quantitative estimate of drug-likeness (QED) is 0.896. The van der Waals surface area contributed by atoms with E-state index in [2.05, 4.69) is 5.32 Å². The number of hydrogen-bond acceptors (Lipinski definition) is 2. The summed E-state index contributed by atoms with van der Waals surface area (Å²) in [6.45, 7) is 1.72. The molecule has 0 saturated heterocycles. The molecule has 1 fully saturated rings. The maximum absolute atomic E-state index is 13.4. The van der Waals surface area contributed by atoms with E-state index in [1.165, 1.54) is 12.1 Å². The van der Waals surface area contributed by atoms with Gasteiger partial charge < -0.3 is 10.4 Å². The van der Waals surface area contributed by atoms with Crippen molar-refractivity contribution in [2.45, 2.75) is 51.0 Å². The van der Waals surface area contributed by atoms with Gasteiger partial charge in [0.2, 0.25) is 0 Å². The molecule has 1 saturated carbocycles. The smallest absolute Gasteiger partial charge is 0.305 e. The van der Waals surface area contributed by atoms with Crippen molar-refractivity contribution in [3.05, 3.63) is 35.1 Å². The summed E-state index contributed by atoms with van der Waals surface area (Å²) >= 11 is 0. The molecule has 1 aliphatic rings. The third-order valence-corrected chi connectivity index (χ3v) is 3.98. The molecule has 0 aromatic heterocycles. The Morgan fingerprint density at radius 3 is 2.48 bits per heavy atom. The van der Waals surface area contributed by atoms with Crippen LogP contribution in [0.3, 0.4) is 0 Å². The number of aryl methyl sites for hydroxylation is 1. The summed E-state index contributed by atoms with van der Waals surface area (Å²) in [5, 5.41) is 11.9. The van der Waals surface area contributed by atoms with Crippen LogP contribution in [0.2, 0.25) is 0 Å².